The molecule has 6 nitrogen and oxygen atoms in total. The lowest BCUT2D eigenvalue weighted by Crippen LogP contribution is -2.28. The second-order valence-corrected chi connectivity index (χ2v) is 6.85. The van der Waals surface area contributed by atoms with E-state index in [2.05, 4.69) is 10.3 Å². The summed E-state index contributed by atoms with van der Waals surface area (Å²) in [4.78, 5) is 30.3. The Bertz CT molecular complexity index is 1110. The first-order valence-electron chi connectivity index (χ1n) is 7.93. The summed E-state index contributed by atoms with van der Waals surface area (Å²) in [6, 6.07) is 7.37. The summed E-state index contributed by atoms with van der Waals surface area (Å²) >= 11 is 1.26. The summed E-state index contributed by atoms with van der Waals surface area (Å²) < 4.78 is 14.7. The molecule has 0 atom stereocenters. The molecule has 3 aromatic rings. The first kappa shape index (κ1) is 17.8. The van der Waals surface area contributed by atoms with Crippen molar-refractivity contribution >= 4 is 22.2 Å². The summed E-state index contributed by atoms with van der Waals surface area (Å²) in [7, 11) is 0. The number of halogens is 1. The van der Waals surface area contributed by atoms with Gasteiger partial charge >= 0.3 is 0 Å². The highest BCUT2D eigenvalue weighted by molar-refractivity contribution is 7.17. The van der Waals surface area contributed by atoms with E-state index in [1.807, 2.05) is 0 Å². The molecule has 0 fully saturated rings. The third kappa shape index (κ3) is 3.21. The van der Waals surface area contributed by atoms with Crippen molar-refractivity contribution in [3.05, 3.63) is 67.8 Å². The Morgan fingerprint density at radius 1 is 1.42 bits per heavy atom. The van der Waals surface area contributed by atoms with Gasteiger partial charge in [-0.3, -0.25) is 9.59 Å². The molecule has 0 aliphatic rings. The van der Waals surface area contributed by atoms with Crippen molar-refractivity contribution in [1.29, 1.82) is 5.26 Å². The van der Waals surface area contributed by atoms with E-state index in [0.29, 0.717) is 33.3 Å². The maximum absolute atomic E-state index is 13.4. The quantitative estimate of drug-likeness (QED) is 0.764. The highest BCUT2D eigenvalue weighted by Gasteiger charge is 2.19. The molecule has 1 aromatic carbocycles. The fourth-order valence-corrected chi connectivity index (χ4v) is 3.69. The van der Waals surface area contributed by atoms with E-state index >= 15 is 0 Å². The fraction of sp³-hybridized carbons (Fsp3) is 0.222. The van der Waals surface area contributed by atoms with Crippen molar-refractivity contribution in [2.75, 3.05) is 6.54 Å². The number of carbonyl (C=O) groups is 1. The minimum Gasteiger partial charge on any atom is -0.351 e. The average molecular weight is 370 g/mol. The maximum atomic E-state index is 13.4. The zero-order valence-corrected chi connectivity index (χ0v) is 15.0. The van der Waals surface area contributed by atoms with Gasteiger partial charge in [-0.2, -0.15) is 5.26 Å². The number of aryl methyl sites for hydroxylation is 1. The Labute approximate surface area is 152 Å². The molecule has 26 heavy (non-hydrogen) atoms. The van der Waals surface area contributed by atoms with Crippen LogP contribution in [0.3, 0.4) is 0 Å². The van der Waals surface area contributed by atoms with Gasteiger partial charge in [0.1, 0.15) is 17.6 Å². The summed E-state index contributed by atoms with van der Waals surface area (Å²) in [5, 5.41) is 11.6. The Morgan fingerprint density at radius 3 is 2.88 bits per heavy atom. The van der Waals surface area contributed by atoms with Crippen LogP contribution in [0.25, 0.3) is 4.96 Å². The Hall–Kier alpha value is -3.05. The minimum absolute atomic E-state index is 0.0502. The van der Waals surface area contributed by atoms with E-state index in [-0.39, 0.29) is 23.5 Å². The Kier molecular flexibility index (Phi) is 4.82. The third-order valence-electron chi connectivity index (χ3n) is 3.83. The topological polar surface area (TPSA) is 87.3 Å². The van der Waals surface area contributed by atoms with Crippen LogP contribution in [0, 0.1) is 24.1 Å². The van der Waals surface area contributed by atoms with Crippen LogP contribution in [0.1, 0.15) is 39.1 Å². The highest BCUT2D eigenvalue weighted by atomic mass is 32.1. The summed E-state index contributed by atoms with van der Waals surface area (Å²) in [5.74, 6) is -0.898. The normalized spacial score (nSPS) is 10.7. The van der Waals surface area contributed by atoms with Gasteiger partial charge in [0.2, 0.25) is 0 Å². The number of thiazole rings is 1. The van der Waals surface area contributed by atoms with Gasteiger partial charge in [-0.05, 0) is 31.5 Å². The van der Waals surface area contributed by atoms with Gasteiger partial charge in [0.05, 0.1) is 11.3 Å². The Balaban J connectivity index is 2.04. The molecule has 0 aliphatic heterocycles. The largest absolute Gasteiger partial charge is 0.351 e. The lowest BCUT2D eigenvalue weighted by Gasteiger charge is -2.05. The van der Waals surface area contributed by atoms with Crippen LogP contribution in [0.15, 0.2) is 29.1 Å². The van der Waals surface area contributed by atoms with Gasteiger partial charge in [0.25, 0.3) is 11.5 Å². The predicted octanol–water partition coefficient (Wildman–Crippen LogP) is 2.42. The minimum atomic E-state index is -0.583. The molecule has 3 rings (SSSR count). The lowest BCUT2D eigenvalue weighted by atomic mass is 10.1. The van der Waals surface area contributed by atoms with E-state index < -0.39 is 5.82 Å². The Morgan fingerprint density at radius 2 is 2.19 bits per heavy atom. The van der Waals surface area contributed by atoms with E-state index in [0.717, 1.165) is 0 Å². The molecule has 2 heterocycles. The number of aromatic nitrogens is 2. The maximum Gasteiger partial charge on any atom is 0.269 e. The van der Waals surface area contributed by atoms with E-state index in [1.54, 1.807) is 26.0 Å². The third-order valence-corrected chi connectivity index (χ3v) is 4.79. The first-order valence-corrected chi connectivity index (χ1v) is 8.75. The number of nitrogens with one attached hydrogen (secondary N) is 1. The van der Waals surface area contributed by atoms with Crippen molar-refractivity contribution in [3.63, 3.8) is 0 Å². The molecule has 2 aromatic heterocycles. The number of nitrogens with zero attached hydrogens (tertiary/aromatic N) is 3. The molecule has 0 unspecified atom stereocenters. The van der Waals surface area contributed by atoms with Crippen molar-refractivity contribution in [3.8, 4) is 6.07 Å². The van der Waals surface area contributed by atoms with Crippen molar-refractivity contribution in [2.24, 2.45) is 0 Å². The number of benzene rings is 1. The van der Waals surface area contributed by atoms with Gasteiger partial charge in [0.15, 0.2) is 4.96 Å². The highest BCUT2D eigenvalue weighted by Crippen LogP contribution is 2.21. The van der Waals surface area contributed by atoms with Crippen LogP contribution in [-0.2, 0) is 6.42 Å². The SMILES string of the molecule is CCNC(=O)c1c(C)sc2nc(Cc3ccc(F)c(C#N)c3)cc(=O)n12. The molecule has 0 bridgehead atoms. The number of hydrogen-bond donors (Lipinski definition) is 1. The fourth-order valence-electron chi connectivity index (χ4n) is 2.70. The van der Waals surface area contributed by atoms with Gasteiger partial charge in [-0.25, -0.2) is 13.8 Å². The summed E-state index contributed by atoms with van der Waals surface area (Å²) in [6.45, 7) is 4.03. The van der Waals surface area contributed by atoms with Crippen LogP contribution >= 0.6 is 11.3 Å². The van der Waals surface area contributed by atoms with Gasteiger partial charge in [-0.1, -0.05) is 6.07 Å². The average Bonchev–Trinajstić information content (AvgIpc) is 2.93. The van der Waals surface area contributed by atoms with Crippen LogP contribution in [0.2, 0.25) is 0 Å². The molecule has 0 saturated carbocycles. The van der Waals surface area contributed by atoms with Crippen LogP contribution in [0.4, 0.5) is 4.39 Å². The van der Waals surface area contributed by atoms with Crippen molar-refractivity contribution in [1.82, 2.24) is 14.7 Å². The number of fused-ring (bicyclic) bond motifs is 1. The van der Waals surface area contributed by atoms with E-state index in [9.17, 15) is 14.0 Å². The van der Waals surface area contributed by atoms with Crippen molar-refractivity contribution in [2.45, 2.75) is 20.3 Å². The van der Waals surface area contributed by atoms with Crippen molar-refractivity contribution < 1.29 is 9.18 Å². The van der Waals surface area contributed by atoms with Gasteiger partial charge in [0, 0.05) is 23.9 Å². The van der Waals surface area contributed by atoms with Crippen LogP contribution < -0.4 is 10.9 Å². The first-order chi connectivity index (χ1) is 12.4. The number of carbonyl (C=O) groups excluding carboxylic acids is 1. The molecule has 8 heteroatoms. The summed E-state index contributed by atoms with van der Waals surface area (Å²) in [6.07, 6.45) is 0.286. The van der Waals surface area contributed by atoms with E-state index in [1.165, 1.54) is 33.9 Å². The molecule has 0 spiro atoms. The van der Waals surface area contributed by atoms with Gasteiger partial charge < -0.3 is 5.32 Å². The molecule has 132 valence electrons. The second kappa shape index (κ2) is 7.06. The van der Waals surface area contributed by atoms with E-state index in [4.69, 9.17) is 5.26 Å². The standard InChI is InChI=1S/C18H15FN4O2S/c1-3-21-17(25)16-10(2)26-18-22-13(8-15(24)23(16)18)7-11-4-5-14(19)12(6-11)9-20/h4-6,8H,3,7H2,1-2H3,(H,21,25). The molecular formula is C18H15FN4O2S. The zero-order valence-electron chi connectivity index (χ0n) is 14.2. The molecular weight excluding hydrogens is 355 g/mol. The number of nitriles is 1. The number of amides is 1. The molecule has 0 saturated heterocycles. The molecule has 1 amide bonds. The smallest absolute Gasteiger partial charge is 0.269 e. The predicted molar refractivity (Wildman–Crippen MR) is 96.0 cm³/mol. The molecule has 0 aliphatic carbocycles. The second-order valence-electron chi connectivity index (χ2n) is 5.67. The van der Waals surface area contributed by atoms with Crippen LogP contribution in [0.5, 0.6) is 0 Å². The van der Waals surface area contributed by atoms with Gasteiger partial charge in [-0.15, -0.1) is 11.3 Å². The summed E-state index contributed by atoms with van der Waals surface area (Å²) in [5.41, 5.74) is 1.07. The number of hydrogen-bond acceptors (Lipinski definition) is 5. The lowest BCUT2D eigenvalue weighted by molar-refractivity contribution is 0.0949. The molecule has 0 radical (unpaired) electrons. The number of rotatable bonds is 4. The zero-order chi connectivity index (χ0) is 18.8. The monoisotopic (exact) mass is 370 g/mol. The van der Waals surface area contributed by atoms with Crippen LogP contribution in [-0.4, -0.2) is 21.8 Å². The molecule has 1 N–H and O–H groups in total.